The van der Waals surface area contributed by atoms with Gasteiger partial charge < -0.3 is 9.52 Å². The van der Waals surface area contributed by atoms with Gasteiger partial charge in [0.25, 0.3) is 5.56 Å². The van der Waals surface area contributed by atoms with Crippen LogP contribution < -0.4 is 11.2 Å². The van der Waals surface area contributed by atoms with Gasteiger partial charge in [0.1, 0.15) is 10.6 Å². The summed E-state index contributed by atoms with van der Waals surface area (Å²) in [5.74, 6) is -0.548. The second-order valence-corrected chi connectivity index (χ2v) is 5.24. The van der Waals surface area contributed by atoms with Crippen LogP contribution in [0, 0.1) is 0 Å². The van der Waals surface area contributed by atoms with Crippen LogP contribution in [0.5, 0.6) is 0 Å². The van der Waals surface area contributed by atoms with Crippen LogP contribution in [0.1, 0.15) is 6.42 Å². The maximum Gasteiger partial charge on any atom is 0.329 e. The Kier molecular flexibility index (Phi) is 3.22. The molecule has 0 aliphatic rings. The summed E-state index contributed by atoms with van der Waals surface area (Å²) < 4.78 is 6.18. The third-order valence-corrected chi connectivity index (χ3v) is 3.95. The van der Waals surface area contributed by atoms with Crippen molar-refractivity contribution in [1.82, 2.24) is 9.55 Å². The molecule has 0 radical (unpaired) electrons. The minimum Gasteiger partial charge on any atom is -0.481 e. The molecule has 0 saturated carbocycles. The predicted octanol–water partition coefficient (Wildman–Crippen LogP) is 1.49. The van der Waals surface area contributed by atoms with E-state index in [9.17, 15) is 14.4 Å². The molecule has 0 atom stereocenters. The summed E-state index contributed by atoms with van der Waals surface area (Å²) in [4.78, 5) is 38.0. The van der Waals surface area contributed by atoms with E-state index in [-0.39, 0.29) is 13.0 Å². The minimum atomic E-state index is -1.07. The second-order valence-electron chi connectivity index (χ2n) is 4.36. The Morgan fingerprint density at radius 1 is 1.43 bits per heavy atom. The lowest BCUT2D eigenvalue weighted by atomic mass is 10.2. The Bertz CT molecular complexity index is 916. The average molecular weight is 306 g/mol. The number of H-pyrrole nitrogens is 1. The summed E-state index contributed by atoms with van der Waals surface area (Å²) in [5.41, 5.74) is -0.533. The highest BCUT2D eigenvalue weighted by Crippen LogP contribution is 2.30. The number of aliphatic carboxylic acids is 1. The Hall–Kier alpha value is -2.61. The quantitative estimate of drug-likeness (QED) is 0.759. The number of nitrogens with zero attached hydrogens (tertiary/aromatic N) is 1. The Morgan fingerprint density at radius 3 is 2.90 bits per heavy atom. The normalized spacial score (nSPS) is 11.0. The van der Waals surface area contributed by atoms with Crippen LogP contribution in [-0.2, 0) is 11.3 Å². The molecule has 0 aliphatic carbocycles. The van der Waals surface area contributed by atoms with Crippen molar-refractivity contribution in [1.29, 1.82) is 0 Å². The first-order valence-corrected chi connectivity index (χ1v) is 6.96. The Morgan fingerprint density at radius 2 is 2.24 bits per heavy atom. The summed E-state index contributed by atoms with van der Waals surface area (Å²) in [7, 11) is 0. The van der Waals surface area contributed by atoms with Crippen LogP contribution in [0.2, 0.25) is 0 Å². The van der Waals surface area contributed by atoms with Gasteiger partial charge in [-0.25, -0.2) is 4.79 Å². The summed E-state index contributed by atoms with van der Waals surface area (Å²) in [6.45, 7) is -0.174. The number of nitrogens with one attached hydrogen (secondary N) is 1. The van der Waals surface area contributed by atoms with Gasteiger partial charge in [0.05, 0.1) is 18.1 Å². The summed E-state index contributed by atoms with van der Waals surface area (Å²) in [6.07, 6.45) is 1.20. The monoisotopic (exact) mass is 306 g/mol. The summed E-state index contributed by atoms with van der Waals surface area (Å²) >= 11 is 1.23. The number of carboxylic acids is 1. The maximum absolute atomic E-state index is 12.5. The van der Waals surface area contributed by atoms with Crippen LogP contribution >= 0.6 is 11.3 Å². The SMILES string of the molecule is O=C(O)CCn1c(=O)[nH]c2scc(-c3ccco3)c2c1=O. The molecule has 21 heavy (non-hydrogen) atoms. The highest BCUT2D eigenvalue weighted by Gasteiger charge is 2.16. The molecule has 0 aliphatic heterocycles. The molecule has 0 unspecified atom stereocenters. The number of carboxylic acid groups (broad SMARTS) is 1. The van der Waals surface area contributed by atoms with Crippen molar-refractivity contribution in [2.75, 3.05) is 0 Å². The molecule has 2 N–H and O–H groups in total. The lowest BCUT2D eigenvalue weighted by Gasteiger charge is -2.03. The van der Waals surface area contributed by atoms with Gasteiger partial charge in [-0.3, -0.25) is 19.1 Å². The highest BCUT2D eigenvalue weighted by atomic mass is 32.1. The van der Waals surface area contributed by atoms with Gasteiger partial charge in [0.15, 0.2) is 0 Å². The topological polar surface area (TPSA) is 105 Å². The third kappa shape index (κ3) is 2.29. The number of fused-ring (bicyclic) bond motifs is 1. The molecule has 0 amide bonds. The van der Waals surface area contributed by atoms with Crippen molar-refractivity contribution < 1.29 is 14.3 Å². The first-order valence-electron chi connectivity index (χ1n) is 6.08. The van der Waals surface area contributed by atoms with Gasteiger partial charge in [0, 0.05) is 17.5 Å². The van der Waals surface area contributed by atoms with E-state index in [0.717, 1.165) is 4.57 Å². The molecular weight excluding hydrogens is 296 g/mol. The predicted molar refractivity (Wildman–Crippen MR) is 76.7 cm³/mol. The number of rotatable bonds is 4. The van der Waals surface area contributed by atoms with Crippen molar-refractivity contribution in [3.8, 4) is 11.3 Å². The van der Waals surface area contributed by atoms with E-state index in [1.54, 1.807) is 17.5 Å². The summed E-state index contributed by atoms with van der Waals surface area (Å²) in [5, 5.41) is 10.8. The number of thiophene rings is 1. The smallest absolute Gasteiger partial charge is 0.329 e. The van der Waals surface area contributed by atoms with Crippen molar-refractivity contribution in [3.05, 3.63) is 44.6 Å². The number of hydrogen-bond donors (Lipinski definition) is 2. The number of aromatic amines is 1. The molecule has 0 spiro atoms. The van der Waals surface area contributed by atoms with Crippen molar-refractivity contribution >= 4 is 27.5 Å². The minimum absolute atomic E-state index is 0.174. The Balaban J connectivity index is 2.22. The zero-order valence-corrected chi connectivity index (χ0v) is 11.5. The zero-order chi connectivity index (χ0) is 15.0. The van der Waals surface area contributed by atoms with Gasteiger partial charge in [-0.15, -0.1) is 11.3 Å². The molecule has 3 rings (SSSR count). The number of hydrogen-bond acceptors (Lipinski definition) is 5. The van der Waals surface area contributed by atoms with Gasteiger partial charge in [-0.1, -0.05) is 0 Å². The lowest BCUT2D eigenvalue weighted by Crippen LogP contribution is -2.35. The van der Waals surface area contributed by atoms with E-state index < -0.39 is 17.2 Å². The fraction of sp³-hybridized carbons (Fsp3) is 0.154. The average Bonchev–Trinajstić information content (AvgIpc) is 3.05. The first kappa shape index (κ1) is 13.4. The highest BCUT2D eigenvalue weighted by molar-refractivity contribution is 7.17. The molecule has 0 bridgehead atoms. The largest absolute Gasteiger partial charge is 0.481 e. The maximum atomic E-state index is 12.5. The van der Waals surface area contributed by atoms with Crippen molar-refractivity contribution in [2.24, 2.45) is 0 Å². The first-order chi connectivity index (χ1) is 10.1. The third-order valence-electron chi connectivity index (χ3n) is 3.05. The Labute approximate surface area is 121 Å². The van der Waals surface area contributed by atoms with Crippen molar-refractivity contribution in [3.63, 3.8) is 0 Å². The molecule has 0 saturated heterocycles. The van der Waals surface area contributed by atoms with Crippen LogP contribution in [-0.4, -0.2) is 20.6 Å². The van der Waals surface area contributed by atoms with Gasteiger partial charge in [0.2, 0.25) is 0 Å². The van der Waals surface area contributed by atoms with Crippen LogP contribution in [0.25, 0.3) is 21.5 Å². The van der Waals surface area contributed by atoms with Gasteiger partial charge >= 0.3 is 11.7 Å². The van der Waals surface area contributed by atoms with Crippen LogP contribution in [0.3, 0.4) is 0 Å². The van der Waals surface area contributed by atoms with Crippen LogP contribution in [0.15, 0.2) is 37.8 Å². The van der Waals surface area contributed by atoms with E-state index in [1.165, 1.54) is 17.6 Å². The second kappa shape index (κ2) is 5.06. The molecule has 0 fully saturated rings. The van der Waals surface area contributed by atoms with Gasteiger partial charge in [-0.05, 0) is 12.1 Å². The van der Waals surface area contributed by atoms with E-state index in [1.807, 2.05) is 0 Å². The van der Waals surface area contributed by atoms with E-state index in [2.05, 4.69) is 4.98 Å². The van der Waals surface area contributed by atoms with E-state index in [4.69, 9.17) is 9.52 Å². The molecule has 3 aromatic heterocycles. The number of furan rings is 1. The van der Waals surface area contributed by atoms with Crippen molar-refractivity contribution in [2.45, 2.75) is 13.0 Å². The zero-order valence-electron chi connectivity index (χ0n) is 10.7. The van der Waals surface area contributed by atoms with E-state index >= 15 is 0 Å². The molecular formula is C13H10N2O5S. The molecule has 3 heterocycles. The molecule has 108 valence electrons. The number of carbonyl (C=O) groups is 1. The number of aromatic nitrogens is 2. The van der Waals surface area contributed by atoms with E-state index in [0.29, 0.717) is 21.5 Å². The molecule has 7 nitrogen and oxygen atoms in total. The van der Waals surface area contributed by atoms with Crippen LogP contribution in [0.4, 0.5) is 0 Å². The molecule has 8 heteroatoms. The fourth-order valence-electron chi connectivity index (χ4n) is 2.08. The summed E-state index contributed by atoms with van der Waals surface area (Å²) in [6, 6.07) is 3.42. The lowest BCUT2D eigenvalue weighted by molar-refractivity contribution is -0.137. The molecule has 0 aromatic carbocycles. The fourth-order valence-corrected chi connectivity index (χ4v) is 3.01. The molecule has 3 aromatic rings. The standard InChI is InChI=1S/C13H10N2O5S/c16-9(17)3-4-15-12(18)10-7(8-2-1-5-20-8)6-21-11(10)14-13(15)19/h1-2,5-6H,3-4H2,(H,14,19)(H,16,17). The van der Waals surface area contributed by atoms with Gasteiger partial charge in [-0.2, -0.15) is 0 Å².